The summed E-state index contributed by atoms with van der Waals surface area (Å²) in [5, 5.41) is 0. The molecule has 0 spiro atoms. The molecule has 0 unspecified atom stereocenters. The predicted molar refractivity (Wildman–Crippen MR) is 91.0 cm³/mol. The lowest BCUT2D eigenvalue weighted by molar-refractivity contribution is -0.144. The first-order chi connectivity index (χ1) is 11.6. The average molecular weight is 332 g/mol. The first kappa shape index (κ1) is 17.0. The lowest BCUT2D eigenvalue weighted by Gasteiger charge is -2.38. The highest BCUT2D eigenvalue weighted by Crippen LogP contribution is 2.28. The molecular formula is C18H28N4O2. The van der Waals surface area contributed by atoms with E-state index in [1.807, 2.05) is 11.9 Å². The number of aromatic amines is 1. The first-order valence-corrected chi connectivity index (χ1v) is 9.18. The van der Waals surface area contributed by atoms with E-state index in [2.05, 4.69) is 9.97 Å². The van der Waals surface area contributed by atoms with Gasteiger partial charge in [-0.25, -0.2) is 4.98 Å². The van der Waals surface area contributed by atoms with Gasteiger partial charge in [0, 0.05) is 38.4 Å². The Balaban J connectivity index is 1.61. The maximum atomic E-state index is 12.8. The van der Waals surface area contributed by atoms with E-state index < -0.39 is 0 Å². The Kier molecular flexibility index (Phi) is 5.53. The second-order valence-electron chi connectivity index (χ2n) is 7.16. The normalized spacial score (nSPS) is 23.1. The van der Waals surface area contributed by atoms with Crippen molar-refractivity contribution >= 4 is 11.8 Å². The van der Waals surface area contributed by atoms with Crippen LogP contribution in [0.3, 0.4) is 0 Å². The van der Waals surface area contributed by atoms with E-state index in [-0.39, 0.29) is 17.7 Å². The fourth-order valence-electron chi connectivity index (χ4n) is 3.99. The SMILES string of the molecule is CN(Cc1ncc[nH]1)C(=O)[C@@H]1CCC(=O)N(C2CCCCCC2)C1. The predicted octanol–water partition coefficient (Wildman–Crippen LogP) is 2.33. The van der Waals surface area contributed by atoms with Crippen LogP contribution in [-0.2, 0) is 16.1 Å². The zero-order valence-electron chi connectivity index (χ0n) is 14.5. The standard InChI is InChI=1S/C18H28N4O2/c1-21(13-16-19-10-11-20-16)18(24)14-8-9-17(23)22(12-14)15-6-4-2-3-5-7-15/h10-11,14-15H,2-9,12-13H2,1H3,(H,19,20)/t14-/m1/s1. The molecule has 1 aliphatic carbocycles. The molecule has 1 aromatic heterocycles. The van der Waals surface area contributed by atoms with Gasteiger partial charge in [0.15, 0.2) is 0 Å². The van der Waals surface area contributed by atoms with Crippen LogP contribution in [0.25, 0.3) is 0 Å². The molecule has 1 saturated carbocycles. The van der Waals surface area contributed by atoms with E-state index >= 15 is 0 Å². The molecule has 1 N–H and O–H groups in total. The highest BCUT2D eigenvalue weighted by Gasteiger charge is 2.35. The molecule has 0 aromatic carbocycles. The number of imidazole rings is 1. The fourth-order valence-corrected chi connectivity index (χ4v) is 3.99. The van der Waals surface area contributed by atoms with Crippen LogP contribution < -0.4 is 0 Å². The number of nitrogens with zero attached hydrogens (tertiary/aromatic N) is 3. The number of likely N-dealkylation sites (tertiary alicyclic amines) is 1. The molecule has 1 saturated heterocycles. The third kappa shape index (κ3) is 3.97. The van der Waals surface area contributed by atoms with Crippen molar-refractivity contribution in [2.24, 2.45) is 5.92 Å². The van der Waals surface area contributed by atoms with E-state index in [1.165, 1.54) is 25.7 Å². The van der Waals surface area contributed by atoms with Gasteiger partial charge in [-0.3, -0.25) is 9.59 Å². The topological polar surface area (TPSA) is 69.3 Å². The number of rotatable bonds is 4. The molecule has 2 heterocycles. The Hall–Kier alpha value is -1.85. The third-order valence-electron chi connectivity index (χ3n) is 5.38. The number of aromatic nitrogens is 2. The number of H-pyrrole nitrogens is 1. The van der Waals surface area contributed by atoms with E-state index in [4.69, 9.17) is 0 Å². The van der Waals surface area contributed by atoms with E-state index in [0.717, 1.165) is 18.7 Å². The van der Waals surface area contributed by atoms with Crippen LogP contribution in [-0.4, -0.2) is 51.2 Å². The molecule has 0 bridgehead atoms. The van der Waals surface area contributed by atoms with Crippen molar-refractivity contribution in [3.8, 4) is 0 Å². The van der Waals surface area contributed by atoms with Gasteiger partial charge in [0.05, 0.1) is 12.5 Å². The maximum Gasteiger partial charge on any atom is 0.227 e. The number of nitrogens with one attached hydrogen (secondary N) is 1. The summed E-state index contributed by atoms with van der Waals surface area (Å²) in [6.07, 6.45) is 11.8. The van der Waals surface area contributed by atoms with Gasteiger partial charge in [0.2, 0.25) is 11.8 Å². The molecule has 2 aliphatic rings. The summed E-state index contributed by atoms with van der Waals surface area (Å²) in [6.45, 7) is 1.07. The molecule has 1 atom stereocenters. The van der Waals surface area contributed by atoms with Crippen LogP contribution in [0.1, 0.15) is 57.2 Å². The fraction of sp³-hybridized carbons (Fsp3) is 0.722. The zero-order chi connectivity index (χ0) is 16.9. The first-order valence-electron chi connectivity index (χ1n) is 9.18. The number of carbonyl (C=O) groups is 2. The summed E-state index contributed by atoms with van der Waals surface area (Å²) in [7, 11) is 1.82. The highest BCUT2D eigenvalue weighted by molar-refractivity contribution is 5.83. The minimum absolute atomic E-state index is 0.0779. The molecule has 2 fully saturated rings. The van der Waals surface area contributed by atoms with Crippen LogP contribution in [0.4, 0.5) is 0 Å². The molecule has 1 aliphatic heterocycles. The van der Waals surface area contributed by atoms with Crippen molar-refractivity contribution in [2.75, 3.05) is 13.6 Å². The van der Waals surface area contributed by atoms with E-state index in [9.17, 15) is 9.59 Å². The Bertz CT molecular complexity index is 549. The van der Waals surface area contributed by atoms with Gasteiger partial charge >= 0.3 is 0 Å². The molecule has 1 aromatic rings. The van der Waals surface area contributed by atoms with E-state index in [0.29, 0.717) is 32.0 Å². The summed E-state index contributed by atoms with van der Waals surface area (Å²) in [5.41, 5.74) is 0. The molecule has 0 radical (unpaired) electrons. The number of carbonyl (C=O) groups excluding carboxylic acids is 2. The van der Waals surface area contributed by atoms with Gasteiger partial charge in [0.25, 0.3) is 0 Å². The summed E-state index contributed by atoms with van der Waals surface area (Å²) in [4.78, 5) is 36.1. The average Bonchev–Trinajstić information content (AvgIpc) is 2.94. The highest BCUT2D eigenvalue weighted by atomic mass is 16.2. The third-order valence-corrected chi connectivity index (χ3v) is 5.38. The summed E-state index contributed by atoms with van der Waals surface area (Å²) in [6, 6.07) is 0.339. The summed E-state index contributed by atoms with van der Waals surface area (Å²) >= 11 is 0. The van der Waals surface area contributed by atoms with Gasteiger partial charge in [0.1, 0.15) is 5.82 Å². The smallest absolute Gasteiger partial charge is 0.227 e. The van der Waals surface area contributed by atoms with Gasteiger partial charge in [-0.05, 0) is 19.3 Å². The van der Waals surface area contributed by atoms with Crippen LogP contribution in [0, 0.1) is 5.92 Å². The van der Waals surface area contributed by atoms with Crippen LogP contribution in [0.15, 0.2) is 12.4 Å². The van der Waals surface area contributed by atoms with Crippen molar-refractivity contribution in [3.63, 3.8) is 0 Å². The molecule has 132 valence electrons. The molecular weight excluding hydrogens is 304 g/mol. The number of hydrogen-bond donors (Lipinski definition) is 1. The van der Waals surface area contributed by atoms with Crippen LogP contribution in [0.5, 0.6) is 0 Å². The Morgan fingerprint density at radius 3 is 2.71 bits per heavy atom. The summed E-state index contributed by atoms with van der Waals surface area (Å²) in [5.74, 6) is 1.07. The maximum absolute atomic E-state index is 12.8. The Labute approximate surface area is 143 Å². The van der Waals surface area contributed by atoms with Crippen molar-refractivity contribution in [2.45, 2.75) is 64.0 Å². The van der Waals surface area contributed by atoms with Crippen LogP contribution >= 0.6 is 0 Å². The Morgan fingerprint density at radius 2 is 2.04 bits per heavy atom. The molecule has 2 amide bonds. The van der Waals surface area contributed by atoms with Crippen molar-refractivity contribution in [3.05, 3.63) is 18.2 Å². The van der Waals surface area contributed by atoms with Crippen molar-refractivity contribution < 1.29 is 9.59 Å². The van der Waals surface area contributed by atoms with Gasteiger partial charge in [-0.15, -0.1) is 0 Å². The largest absolute Gasteiger partial charge is 0.347 e. The minimum Gasteiger partial charge on any atom is -0.347 e. The zero-order valence-corrected chi connectivity index (χ0v) is 14.5. The van der Waals surface area contributed by atoms with Crippen molar-refractivity contribution in [1.82, 2.24) is 19.8 Å². The monoisotopic (exact) mass is 332 g/mol. The number of amides is 2. The second kappa shape index (κ2) is 7.81. The number of piperidine rings is 1. The second-order valence-corrected chi connectivity index (χ2v) is 7.16. The quantitative estimate of drug-likeness (QED) is 0.860. The molecule has 6 heteroatoms. The van der Waals surface area contributed by atoms with Crippen molar-refractivity contribution in [1.29, 1.82) is 0 Å². The number of hydrogen-bond acceptors (Lipinski definition) is 3. The van der Waals surface area contributed by atoms with Gasteiger partial charge in [-0.1, -0.05) is 25.7 Å². The molecule has 24 heavy (non-hydrogen) atoms. The van der Waals surface area contributed by atoms with Crippen LogP contribution in [0.2, 0.25) is 0 Å². The summed E-state index contributed by atoms with van der Waals surface area (Å²) < 4.78 is 0. The van der Waals surface area contributed by atoms with Gasteiger partial charge in [-0.2, -0.15) is 0 Å². The molecule has 6 nitrogen and oxygen atoms in total. The minimum atomic E-state index is -0.0779. The lowest BCUT2D eigenvalue weighted by atomic mass is 9.93. The van der Waals surface area contributed by atoms with Gasteiger partial charge < -0.3 is 14.8 Å². The van der Waals surface area contributed by atoms with E-state index in [1.54, 1.807) is 17.3 Å². The Morgan fingerprint density at radius 1 is 1.29 bits per heavy atom. The lowest BCUT2D eigenvalue weighted by Crippen LogP contribution is -2.50. The molecule has 3 rings (SSSR count).